The maximum absolute atomic E-state index is 13.8. The lowest BCUT2D eigenvalue weighted by Gasteiger charge is -2.30. The fourth-order valence-electron chi connectivity index (χ4n) is 3.33. The topological polar surface area (TPSA) is 37.4 Å². The summed E-state index contributed by atoms with van der Waals surface area (Å²) in [5, 5.41) is 5.07. The Morgan fingerprint density at radius 1 is 1.04 bits per heavy atom. The molecule has 0 radical (unpaired) electrons. The normalized spacial score (nSPS) is 14.7. The Morgan fingerprint density at radius 2 is 1.81 bits per heavy atom. The molecule has 0 saturated carbocycles. The smallest absolute Gasteiger partial charge is 0.133 e. The van der Waals surface area contributed by atoms with E-state index in [1.165, 1.54) is 6.07 Å². The molecular weight excluding hydrogens is 365 g/mol. The third-order valence-electron chi connectivity index (χ3n) is 4.74. The van der Waals surface area contributed by atoms with Crippen molar-refractivity contribution in [3.8, 4) is 0 Å². The van der Waals surface area contributed by atoms with Crippen LogP contribution in [0.15, 0.2) is 48.5 Å². The van der Waals surface area contributed by atoms with Crippen molar-refractivity contribution < 1.29 is 9.13 Å². The lowest BCUT2D eigenvalue weighted by atomic mass is 10.1. The summed E-state index contributed by atoms with van der Waals surface area (Å²) >= 11 is 6.14. The molecule has 1 saturated heterocycles. The number of anilines is 1. The summed E-state index contributed by atoms with van der Waals surface area (Å²) in [4.78, 5) is 7.11. The lowest BCUT2D eigenvalue weighted by Crippen LogP contribution is -2.37. The first-order valence-corrected chi connectivity index (χ1v) is 9.44. The van der Waals surface area contributed by atoms with Crippen LogP contribution in [0.1, 0.15) is 11.1 Å². The molecule has 2 aromatic carbocycles. The first-order chi connectivity index (χ1) is 13.2. The van der Waals surface area contributed by atoms with Crippen LogP contribution in [0.4, 0.5) is 10.2 Å². The van der Waals surface area contributed by atoms with Crippen LogP contribution in [0.3, 0.4) is 0 Å². The monoisotopic (exact) mass is 385 g/mol. The molecule has 0 bridgehead atoms. The average molecular weight is 386 g/mol. The molecule has 0 spiro atoms. The van der Waals surface area contributed by atoms with Crippen molar-refractivity contribution in [2.45, 2.75) is 13.1 Å². The molecule has 1 fully saturated rings. The predicted molar refractivity (Wildman–Crippen MR) is 107 cm³/mol. The molecule has 6 heteroatoms. The van der Waals surface area contributed by atoms with Crippen molar-refractivity contribution in [3.63, 3.8) is 0 Å². The van der Waals surface area contributed by atoms with Crippen LogP contribution in [0.5, 0.6) is 0 Å². The van der Waals surface area contributed by atoms with Gasteiger partial charge in [0.1, 0.15) is 11.6 Å². The van der Waals surface area contributed by atoms with Gasteiger partial charge < -0.3 is 15.0 Å². The van der Waals surface area contributed by atoms with Crippen LogP contribution < -0.4 is 10.2 Å². The van der Waals surface area contributed by atoms with Gasteiger partial charge in [0, 0.05) is 47.7 Å². The van der Waals surface area contributed by atoms with Crippen molar-refractivity contribution in [1.82, 2.24) is 10.3 Å². The lowest BCUT2D eigenvalue weighted by molar-refractivity contribution is 0.122. The number of nitrogens with one attached hydrogen (secondary N) is 1. The fourth-order valence-corrected chi connectivity index (χ4v) is 3.49. The molecule has 1 aliphatic rings. The number of rotatable bonds is 5. The molecule has 1 N–H and O–H groups in total. The SMILES string of the molecule is Fc1ccccc1CNCc1cc2ccc(Cl)cc2nc1N1CCOCC1. The summed E-state index contributed by atoms with van der Waals surface area (Å²) in [5.74, 6) is 0.749. The second-order valence-electron chi connectivity index (χ2n) is 6.60. The van der Waals surface area contributed by atoms with Crippen LogP contribution in [0, 0.1) is 5.82 Å². The van der Waals surface area contributed by atoms with Gasteiger partial charge in [-0.05, 0) is 24.3 Å². The Bertz CT molecular complexity index is 944. The molecule has 0 unspecified atom stereocenters. The molecule has 4 nitrogen and oxygen atoms in total. The predicted octanol–water partition coefficient (Wildman–Crippen LogP) is 4.15. The molecule has 0 atom stereocenters. The quantitative estimate of drug-likeness (QED) is 0.715. The van der Waals surface area contributed by atoms with Crippen LogP contribution in [-0.2, 0) is 17.8 Å². The molecule has 0 amide bonds. The van der Waals surface area contributed by atoms with Gasteiger partial charge in [0.25, 0.3) is 0 Å². The highest BCUT2D eigenvalue weighted by molar-refractivity contribution is 6.31. The molecule has 27 heavy (non-hydrogen) atoms. The van der Waals surface area contributed by atoms with Crippen LogP contribution in [-0.4, -0.2) is 31.3 Å². The summed E-state index contributed by atoms with van der Waals surface area (Å²) in [6.07, 6.45) is 0. The summed E-state index contributed by atoms with van der Waals surface area (Å²) in [7, 11) is 0. The molecule has 1 aliphatic heterocycles. The maximum Gasteiger partial charge on any atom is 0.133 e. The number of pyridine rings is 1. The largest absolute Gasteiger partial charge is 0.378 e. The van der Waals surface area contributed by atoms with Crippen LogP contribution >= 0.6 is 11.6 Å². The van der Waals surface area contributed by atoms with E-state index in [1.807, 2.05) is 24.3 Å². The Kier molecular flexibility index (Phi) is 5.53. The Labute approximate surface area is 162 Å². The van der Waals surface area contributed by atoms with Gasteiger partial charge in [0.05, 0.1) is 18.7 Å². The van der Waals surface area contributed by atoms with Gasteiger partial charge >= 0.3 is 0 Å². The minimum absolute atomic E-state index is 0.190. The van der Waals surface area contributed by atoms with Crippen molar-refractivity contribution in [3.05, 3.63) is 70.5 Å². The highest BCUT2D eigenvalue weighted by Gasteiger charge is 2.17. The van der Waals surface area contributed by atoms with E-state index in [-0.39, 0.29) is 5.82 Å². The summed E-state index contributed by atoms with van der Waals surface area (Å²) in [6.45, 7) is 4.06. The zero-order valence-corrected chi connectivity index (χ0v) is 15.7. The summed E-state index contributed by atoms with van der Waals surface area (Å²) in [5.41, 5.74) is 2.62. The van der Waals surface area contributed by atoms with E-state index in [4.69, 9.17) is 21.3 Å². The molecule has 140 valence electrons. The molecular formula is C21H21ClFN3O. The molecule has 3 aromatic rings. The molecule has 4 rings (SSSR count). The minimum atomic E-state index is -0.190. The van der Waals surface area contributed by atoms with Gasteiger partial charge in [-0.15, -0.1) is 0 Å². The molecule has 2 heterocycles. The van der Waals surface area contributed by atoms with E-state index >= 15 is 0 Å². The van der Waals surface area contributed by atoms with Gasteiger partial charge in [-0.25, -0.2) is 9.37 Å². The summed E-state index contributed by atoms with van der Waals surface area (Å²) in [6, 6.07) is 14.7. The van der Waals surface area contributed by atoms with E-state index < -0.39 is 0 Å². The van der Waals surface area contributed by atoms with Gasteiger partial charge in [0.15, 0.2) is 0 Å². The standard InChI is InChI=1S/C21H21ClFN3O/c22-18-6-5-15-11-17(14-24-13-16-3-1-2-4-19(16)23)21(25-20(15)12-18)26-7-9-27-10-8-26/h1-6,11-12,24H,7-10,13-14H2. The summed E-state index contributed by atoms with van der Waals surface area (Å²) < 4.78 is 19.3. The Balaban J connectivity index is 1.60. The second-order valence-corrected chi connectivity index (χ2v) is 7.04. The van der Waals surface area contributed by atoms with Crippen molar-refractivity contribution >= 4 is 28.3 Å². The average Bonchev–Trinajstić information content (AvgIpc) is 2.70. The molecule has 0 aliphatic carbocycles. The zero-order chi connectivity index (χ0) is 18.6. The number of morpholine rings is 1. The zero-order valence-electron chi connectivity index (χ0n) is 14.9. The first kappa shape index (κ1) is 18.2. The maximum atomic E-state index is 13.8. The number of hydrogen-bond acceptors (Lipinski definition) is 4. The number of ether oxygens (including phenoxy) is 1. The number of aromatic nitrogens is 1. The first-order valence-electron chi connectivity index (χ1n) is 9.07. The van der Waals surface area contributed by atoms with Crippen LogP contribution in [0.2, 0.25) is 5.02 Å². The Morgan fingerprint density at radius 3 is 2.63 bits per heavy atom. The van der Waals surface area contributed by atoms with Crippen LogP contribution in [0.25, 0.3) is 10.9 Å². The third-order valence-corrected chi connectivity index (χ3v) is 4.97. The van der Waals surface area contributed by atoms with Gasteiger partial charge in [-0.3, -0.25) is 0 Å². The second kappa shape index (κ2) is 8.21. The van der Waals surface area contributed by atoms with E-state index in [1.54, 1.807) is 12.1 Å². The van der Waals surface area contributed by atoms with E-state index in [0.717, 1.165) is 35.4 Å². The van der Waals surface area contributed by atoms with Gasteiger partial charge in [-0.1, -0.05) is 35.9 Å². The van der Waals surface area contributed by atoms with E-state index in [9.17, 15) is 4.39 Å². The number of fused-ring (bicyclic) bond motifs is 1. The van der Waals surface area contributed by atoms with Gasteiger partial charge in [-0.2, -0.15) is 0 Å². The number of benzene rings is 2. The van der Waals surface area contributed by atoms with Gasteiger partial charge in [0.2, 0.25) is 0 Å². The highest BCUT2D eigenvalue weighted by atomic mass is 35.5. The Hall–Kier alpha value is -2.21. The number of hydrogen-bond donors (Lipinski definition) is 1. The number of nitrogens with zero attached hydrogens (tertiary/aromatic N) is 2. The van der Waals surface area contributed by atoms with Crippen molar-refractivity contribution in [2.24, 2.45) is 0 Å². The third kappa shape index (κ3) is 4.21. The number of halogens is 2. The van der Waals surface area contributed by atoms with Crippen molar-refractivity contribution in [1.29, 1.82) is 0 Å². The highest BCUT2D eigenvalue weighted by Crippen LogP contribution is 2.26. The van der Waals surface area contributed by atoms with Crippen molar-refractivity contribution in [2.75, 3.05) is 31.2 Å². The molecule has 1 aromatic heterocycles. The fraction of sp³-hybridized carbons (Fsp3) is 0.286. The van der Waals surface area contributed by atoms with E-state index in [2.05, 4.69) is 16.3 Å². The minimum Gasteiger partial charge on any atom is -0.378 e. The van der Waals surface area contributed by atoms with E-state index in [0.29, 0.717) is 36.9 Å².